The van der Waals surface area contributed by atoms with Gasteiger partial charge in [-0.1, -0.05) is 23.7 Å². The zero-order valence-corrected chi connectivity index (χ0v) is 20.5. The minimum atomic E-state index is -0.653. The molecule has 0 spiro atoms. The molecule has 1 saturated heterocycles. The third-order valence-corrected chi connectivity index (χ3v) is 5.94. The highest BCUT2D eigenvalue weighted by atomic mass is 35.5. The normalized spacial score (nSPS) is 14.4. The van der Waals surface area contributed by atoms with E-state index in [4.69, 9.17) is 16.3 Å². The van der Waals surface area contributed by atoms with Crippen molar-refractivity contribution in [3.8, 4) is 0 Å². The van der Waals surface area contributed by atoms with Gasteiger partial charge in [-0.2, -0.15) is 5.10 Å². The van der Waals surface area contributed by atoms with Crippen LogP contribution in [0.15, 0.2) is 48.7 Å². The molecule has 0 saturated carbocycles. The van der Waals surface area contributed by atoms with Crippen molar-refractivity contribution in [2.45, 2.75) is 32.9 Å². The van der Waals surface area contributed by atoms with Crippen LogP contribution in [0.4, 0.5) is 10.5 Å². The van der Waals surface area contributed by atoms with E-state index in [-0.39, 0.29) is 19.0 Å². The van der Waals surface area contributed by atoms with E-state index >= 15 is 0 Å². The van der Waals surface area contributed by atoms with E-state index in [1.165, 1.54) is 4.90 Å². The van der Waals surface area contributed by atoms with Gasteiger partial charge in [-0.05, 0) is 56.7 Å². The largest absolute Gasteiger partial charge is 0.444 e. The van der Waals surface area contributed by atoms with Crippen LogP contribution in [-0.4, -0.2) is 70.3 Å². The molecule has 1 aliphatic rings. The van der Waals surface area contributed by atoms with Gasteiger partial charge in [-0.25, -0.2) is 4.79 Å². The number of ether oxygens (including phenoxy) is 1. The van der Waals surface area contributed by atoms with Gasteiger partial charge in [0, 0.05) is 48.8 Å². The number of nitrogens with zero attached hydrogens (tertiary/aromatic N) is 4. The van der Waals surface area contributed by atoms with Crippen LogP contribution in [0.2, 0.25) is 5.02 Å². The van der Waals surface area contributed by atoms with E-state index in [9.17, 15) is 9.59 Å². The highest BCUT2D eigenvalue weighted by Gasteiger charge is 2.28. The molecule has 8 nitrogen and oxygen atoms in total. The third kappa shape index (κ3) is 5.99. The van der Waals surface area contributed by atoms with Crippen molar-refractivity contribution in [2.75, 3.05) is 37.6 Å². The zero-order valence-electron chi connectivity index (χ0n) is 19.8. The first-order chi connectivity index (χ1) is 16.2. The van der Waals surface area contributed by atoms with Gasteiger partial charge in [0.15, 0.2) is 0 Å². The molecule has 1 aromatic heterocycles. The Labute approximate surface area is 204 Å². The predicted octanol–water partition coefficient (Wildman–Crippen LogP) is 4.30. The fourth-order valence-electron chi connectivity index (χ4n) is 3.93. The van der Waals surface area contributed by atoms with Crippen molar-refractivity contribution in [1.29, 1.82) is 0 Å². The number of piperazine rings is 1. The van der Waals surface area contributed by atoms with E-state index in [1.54, 1.807) is 12.1 Å². The molecule has 0 bridgehead atoms. The number of benzene rings is 2. The van der Waals surface area contributed by atoms with Gasteiger partial charge in [0.2, 0.25) is 5.91 Å². The van der Waals surface area contributed by atoms with Crippen LogP contribution < -0.4 is 4.90 Å². The highest BCUT2D eigenvalue weighted by Crippen LogP contribution is 2.22. The topological polar surface area (TPSA) is 81.8 Å². The summed E-state index contributed by atoms with van der Waals surface area (Å²) in [6, 6.07) is 13.4. The molecule has 9 heteroatoms. The number of fused-ring (bicyclic) bond motifs is 1. The second kappa shape index (κ2) is 9.93. The first-order valence-electron chi connectivity index (χ1n) is 11.4. The van der Waals surface area contributed by atoms with E-state index in [1.807, 2.05) is 50.1 Å². The quantitative estimate of drug-likeness (QED) is 0.585. The predicted molar refractivity (Wildman–Crippen MR) is 133 cm³/mol. The number of anilines is 1. The Bertz CT molecular complexity index is 1150. The molecule has 0 radical (unpaired) electrons. The number of hydrogen-bond donors (Lipinski definition) is 1. The van der Waals surface area contributed by atoms with Crippen molar-refractivity contribution in [2.24, 2.45) is 0 Å². The molecular weight excluding hydrogens is 454 g/mol. The SMILES string of the molecule is CC(C)(C)OC(=O)N(CC(=O)N1CCN(c2ccc3[nH]ncc3c2)CC1)Cc1ccc(Cl)cc1. The number of halogens is 1. The molecule has 1 aliphatic heterocycles. The lowest BCUT2D eigenvalue weighted by atomic mass is 10.2. The Morgan fingerprint density at radius 3 is 2.47 bits per heavy atom. The monoisotopic (exact) mass is 483 g/mol. The Kier molecular flexibility index (Phi) is 6.97. The summed E-state index contributed by atoms with van der Waals surface area (Å²) in [5.41, 5.74) is 2.34. The van der Waals surface area contributed by atoms with Crippen LogP contribution in [0.1, 0.15) is 26.3 Å². The number of carbonyl (C=O) groups is 2. The fourth-order valence-corrected chi connectivity index (χ4v) is 4.05. The molecule has 0 aliphatic carbocycles. The number of amides is 2. The molecule has 1 N–H and O–H groups in total. The molecule has 2 heterocycles. The first-order valence-corrected chi connectivity index (χ1v) is 11.7. The van der Waals surface area contributed by atoms with Gasteiger partial charge in [0.1, 0.15) is 12.1 Å². The Balaban J connectivity index is 1.39. The summed E-state index contributed by atoms with van der Waals surface area (Å²) in [5, 5.41) is 8.72. The summed E-state index contributed by atoms with van der Waals surface area (Å²) >= 11 is 5.99. The molecule has 4 rings (SSSR count). The van der Waals surface area contributed by atoms with Gasteiger partial charge in [0.05, 0.1) is 11.7 Å². The van der Waals surface area contributed by atoms with Crippen LogP contribution in [0, 0.1) is 0 Å². The second-order valence-corrected chi connectivity index (χ2v) is 9.91. The molecule has 2 aromatic carbocycles. The number of aromatic nitrogens is 2. The average Bonchev–Trinajstić information content (AvgIpc) is 3.27. The Hall–Kier alpha value is -3.26. The summed E-state index contributed by atoms with van der Waals surface area (Å²) in [5.74, 6) is -0.0928. The van der Waals surface area contributed by atoms with Crippen molar-refractivity contribution < 1.29 is 14.3 Å². The van der Waals surface area contributed by atoms with Crippen molar-refractivity contribution in [3.05, 3.63) is 59.2 Å². The maximum Gasteiger partial charge on any atom is 0.411 e. The van der Waals surface area contributed by atoms with E-state index in [0.717, 1.165) is 35.2 Å². The fraction of sp³-hybridized carbons (Fsp3) is 0.400. The number of hydrogen-bond acceptors (Lipinski definition) is 5. The average molecular weight is 484 g/mol. The van der Waals surface area contributed by atoms with Crippen LogP contribution >= 0.6 is 11.6 Å². The lowest BCUT2D eigenvalue weighted by molar-refractivity contribution is -0.132. The number of aromatic amines is 1. The van der Waals surface area contributed by atoms with E-state index in [2.05, 4.69) is 27.2 Å². The third-order valence-electron chi connectivity index (χ3n) is 5.69. The lowest BCUT2D eigenvalue weighted by Crippen LogP contribution is -2.52. The number of rotatable bonds is 5. The van der Waals surface area contributed by atoms with Gasteiger partial charge in [-0.15, -0.1) is 0 Å². The standard InChI is InChI=1S/C25H30ClN5O3/c1-25(2,3)34-24(33)31(16-18-4-6-20(26)7-5-18)17-23(32)30-12-10-29(11-13-30)21-8-9-22-19(14-21)15-27-28-22/h4-9,14-15H,10-13,16-17H2,1-3H3,(H,27,28). The van der Waals surface area contributed by atoms with E-state index < -0.39 is 11.7 Å². The number of H-pyrrole nitrogens is 1. The molecular formula is C25H30ClN5O3. The molecule has 2 amide bonds. The summed E-state index contributed by atoms with van der Waals surface area (Å²) < 4.78 is 5.56. The number of carbonyl (C=O) groups excluding carboxylic acids is 2. The maximum absolute atomic E-state index is 13.1. The summed E-state index contributed by atoms with van der Waals surface area (Å²) in [7, 11) is 0. The van der Waals surface area contributed by atoms with Crippen LogP contribution in [-0.2, 0) is 16.1 Å². The highest BCUT2D eigenvalue weighted by molar-refractivity contribution is 6.30. The zero-order chi connectivity index (χ0) is 24.3. The van der Waals surface area contributed by atoms with E-state index in [0.29, 0.717) is 18.1 Å². The van der Waals surface area contributed by atoms with Gasteiger partial charge >= 0.3 is 6.09 Å². The molecule has 0 unspecified atom stereocenters. The van der Waals surface area contributed by atoms with Crippen molar-refractivity contribution in [1.82, 2.24) is 20.0 Å². The summed E-state index contributed by atoms with van der Waals surface area (Å²) in [6.45, 7) is 8.28. The Morgan fingerprint density at radius 1 is 1.09 bits per heavy atom. The lowest BCUT2D eigenvalue weighted by Gasteiger charge is -2.37. The second-order valence-electron chi connectivity index (χ2n) is 9.47. The smallest absolute Gasteiger partial charge is 0.411 e. The minimum absolute atomic E-state index is 0.0431. The van der Waals surface area contributed by atoms with Crippen molar-refractivity contribution in [3.63, 3.8) is 0 Å². The van der Waals surface area contributed by atoms with Gasteiger partial charge in [0.25, 0.3) is 0 Å². The Morgan fingerprint density at radius 2 is 1.79 bits per heavy atom. The van der Waals surface area contributed by atoms with Gasteiger partial charge < -0.3 is 14.5 Å². The summed E-state index contributed by atoms with van der Waals surface area (Å²) in [6.07, 6.45) is 1.30. The number of nitrogens with one attached hydrogen (secondary N) is 1. The first kappa shape index (κ1) is 23.9. The molecule has 0 atom stereocenters. The van der Waals surface area contributed by atoms with Crippen LogP contribution in [0.5, 0.6) is 0 Å². The van der Waals surface area contributed by atoms with Crippen LogP contribution in [0.3, 0.4) is 0 Å². The molecule has 180 valence electrons. The maximum atomic E-state index is 13.1. The molecule has 1 fully saturated rings. The molecule has 3 aromatic rings. The summed E-state index contributed by atoms with van der Waals surface area (Å²) in [4.78, 5) is 31.5. The molecule has 34 heavy (non-hydrogen) atoms. The van der Waals surface area contributed by atoms with Gasteiger partial charge in [-0.3, -0.25) is 14.8 Å². The minimum Gasteiger partial charge on any atom is -0.444 e. The van der Waals surface area contributed by atoms with Crippen LogP contribution in [0.25, 0.3) is 10.9 Å². The van der Waals surface area contributed by atoms with Crippen molar-refractivity contribution >= 4 is 40.2 Å².